The van der Waals surface area contributed by atoms with Crippen LogP contribution in [0, 0.1) is 0 Å². The number of hydrogen-bond donors (Lipinski definition) is 15. The molecule has 540 valence electrons. The molecule has 31 heteroatoms. The van der Waals surface area contributed by atoms with Crippen LogP contribution >= 0.6 is 0 Å². The van der Waals surface area contributed by atoms with Crippen LogP contribution < -0.4 is 65.1 Å². The van der Waals surface area contributed by atoms with E-state index >= 15 is 0 Å². The first-order chi connectivity index (χ1) is 47.6. The van der Waals surface area contributed by atoms with Gasteiger partial charge in [0.1, 0.15) is 60.1 Å². The number of aromatic hydroxyl groups is 1. The largest absolute Gasteiger partial charge is 0.508 e. The summed E-state index contributed by atoms with van der Waals surface area (Å²) in [6, 6.07) is 12.9. The van der Waals surface area contributed by atoms with Gasteiger partial charge in [-0.25, -0.2) is 4.79 Å². The summed E-state index contributed by atoms with van der Waals surface area (Å²) in [5.41, 5.74) is 19.0. The van der Waals surface area contributed by atoms with Crippen LogP contribution in [0.15, 0.2) is 89.9 Å². The lowest BCUT2D eigenvalue weighted by molar-refractivity contribution is -0.148. The number of nitrogens with zero attached hydrogens (tertiary/aromatic N) is 4. The number of benzene rings is 3. The third kappa shape index (κ3) is 25.2. The molecule has 3 aromatic rings. The molecule has 6 rings (SSSR count). The number of nitrogens with two attached hydrogens (primary N) is 3. The third-order valence-corrected chi connectivity index (χ3v) is 17.5. The molecule has 3 aromatic carbocycles. The van der Waals surface area contributed by atoms with Gasteiger partial charge >= 0.3 is 5.97 Å². The van der Waals surface area contributed by atoms with Crippen molar-refractivity contribution in [2.45, 2.75) is 170 Å². The average Bonchev–Trinajstić information content (AvgIpc) is 1.69. The van der Waals surface area contributed by atoms with Gasteiger partial charge in [0.25, 0.3) is 0 Å². The van der Waals surface area contributed by atoms with Crippen molar-refractivity contribution in [2.24, 2.45) is 22.2 Å². The lowest BCUT2D eigenvalue weighted by Crippen LogP contribution is -2.59. The number of aliphatic hydroxyl groups excluding tert-OH is 1. The van der Waals surface area contributed by atoms with Crippen LogP contribution in [0.1, 0.15) is 113 Å². The minimum atomic E-state index is -1.58. The predicted octanol–water partition coefficient (Wildman–Crippen LogP) is -2.43. The molecule has 0 aromatic heterocycles. The second-order valence-corrected chi connectivity index (χ2v) is 25.0. The number of amides is 11. The maximum Gasteiger partial charge on any atom is 0.326 e. The highest BCUT2D eigenvalue weighted by atomic mass is 16.4. The molecule has 18 N–H and O–H groups in total. The van der Waals surface area contributed by atoms with Crippen molar-refractivity contribution in [1.82, 2.24) is 62.6 Å². The van der Waals surface area contributed by atoms with Gasteiger partial charge in [0.05, 0.1) is 19.7 Å². The monoisotopic (exact) mass is 1380 g/mol. The van der Waals surface area contributed by atoms with Gasteiger partial charge in [0.2, 0.25) is 65.0 Å². The zero-order valence-corrected chi connectivity index (χ0v) is 56.1. The number of carbonyl (C=O) groups is 12. The summed E-state index contributed by atoms with van der Waals surface area (Å²) in [4.78, 5) is 172. The number of guanidine groups is 1. The van der Waals surface area contributed by atoms with Crippen molar-refractivity contribution >= 4 is 76.9 Å². The number of aliphatic imine (C=N–C) groups is 1. The zero-order valence-electron chi connectivity index (χ0n) is 56.1. The molecule has 3 aliphatic heterocycles. The van der Waals surface area contributed by atoms with Gasteiger partial charge in [-0.2, -0.15) is 0 Å². The first-order valence-corrected chi connectivity index (χ1v) is 34.0. The van der Waals surface area contributed by atoms with Gasteiger partial charge in [0.15, 0.2) is 5.96 Å². The van der Waals surface area contributed by atoms with E-state index in [0.29, 0.717) is 69.0 Å². The Balaban J connectivity index is 1.04. The number of unbranched alkanes of at least 4 members (excludes halogenated alkanes) is 3. The van der Waals surface area contributed by atoms with E-state index in [1.807, 2.05) is 0 Å². The Morgan fingerprint density at radius 1 is 0.515 bits per heavy atom. The molecule has 3 heterocycles. The number of likely N-dealkylation sites (tertiary alicyclic amines) is 3. The Kier molecular flexibility index (Phi) is 32.3. The first kappa shape index (κ1) is 78.2. The van der Waals surface area contributed by atoms with Crippen LogP contribution in [0.2, 0.25) is 0 Å². The van der Waals surface area contributed by atoms with E-state index < -0.39 is 133 Å². The number of rotatable bonds is 40. The summed E-state index contributed by atoms with van der Waals surface area (Å²) in [5, 5.41) is 54.3. The number of carboxylic acid groups (broad SMARTS) is 1. The maximum absolute atomic E-state index is 14.7. The minimum absolute atomic E-state index is 0.00235. The Labute approximate surface area is 575 Å². The molecule has 0 bridgehead atoms. The highest BCUT2D eigenvalue weighted by Gasteiger charge is 2.45. The number of carbonyl (C=O) groups excluding carboxylic acids is 11. The molecular formula is C68H98N16O15. The fourth-order valence-corrected chi connectivity index (χ4v) is 12.3. The molecule has 99 heavy (non-hydrogen) atoms. The topological polar surface area (TPSA) is 474 Å². The van der Waals surface area contributed by atoms with Crippen molar-refractivity contribution < 1.29 is 72.9 Å². The predicted molar refractivity (Wildman–Crippen MR) is 364 cm³/mol. The molecule has 3 saturated heterocycles. The standard InChI is InChI=1S/C68H98N16O15/c1-72-40-57(88)77-49(38-45-27-29-46(86)30-28-45)59(90)73-32-12-4-9-26-56(87)76-47(21-10-11-31-69)60(91)79-48(22-13-33-74-68(70)71)64(95)84-36-16-25-55(84)66(97)83-35-14-23-53(83)62(93)75-41-58(89)78-50(37-43-17-5-2-6-18-43)61(92)81-52(42-85)65(96)82-34-15-24-54(82)63(94)80-51(67(98)99)39-44-19-7-3-8-20-44/h2-3,5-8,17-20,27-30,47-55,72,85-86H,4,9-16,21-26,31-42,69H2,1H3,(H,73,90)(H,75,93)(H,76,87)(H,77,88)(H,78,89)(H,79,91)(H,80,94)(H,81,92)(H,98,99)(H4,70,71,74)/t47-,48-,49-,50-,51-,52-,53-,54-,55-/m0/s1. The van der Waals surface area contributed by atoms with E-state index in [1.54, 1.807) is 79.8 Å². The van der Waals surface area contributed by atoms with Crippen LogP contribution in [0.4, 0.5) is 0 Å². The molecule has 0 saturated carbocycles. The van der Waals surface area contributed by atoms with Crippen molar-refractivity contribution in [3.05, 3.63) is 102 Å². The summed E-state index contributed by atoms with van der Waals surface area (Å²) in [7, 11) is 1.61. The molecule has 11 amide bonds. The minimum Gasteiger partial charge on any atom is -0.508 e. The number of carboxylic acids is 1. The van der Waals surface area contributed by atoms with Gasteiger partial charge in [-0.15, -0.1) is 0 Å². The molecule has 0 unspecified atom stereocenters. The molecule has 0 radical (unpaired) electrons. The molecule has 3 aliphatic rings. The summed E-state index contributed by atoms with van der Waals surface area (Å²) < 4.78 is 0. The van der Waals surface area contributed by atoms with Crippen LogP contribution in [-0.4, -0.2) is 227 Å². The van der Waals surface area contributed by atoms with Gasteiger partial charge in [-0.3, -0.25) is 57.7 Å². The number of phenolic OH excluding ortho intramolecular Hbond substituents is 1. The van der Waals surface area contributed by atoms with Crippen LogP contribution in [0.5, 0.6) is 5.75 Å². The highest BCUT2D eigenvalue weighted by Crippen LogP contribution is 2.27. The second-order valence-electron chi connectivity index (χ2n) is 25.0. The van der Waals surface area contributed by atoms with Crippen molar-refractivity contribution in [1.29, 1.82) is 0 Å². The maximum atomic E-state index is 14.7. The average molecular weight is 1380 g/mol. The number of nitrogens with one attached hydrogen (secondary N) is 9. The molecular weight excluding hydrogens is 1280 g/mol. The molecule has 31 nitrogen and oxygen atoms in total. The SMILES string of the molecule is CNCC(=O)N[C@@H](Cc1ccc(O)cc1)C(=O)NCCCCCC(=O)N[C@@H](CCCCN)C(=O)N[C@@H](CCCN=C(N)N)C(=O)N1CCC[C@H]1C(=O)N1CCC[C@H]1C(=O)NCC(=O)N[C@@H](Cc1ccccc1)C(=O)N[C@@H](CO)C(=O)N1CCC[C@H]1C(=O)N[C@@H](Cc1ccccc1)C(=O)O. The van der Waals surface area contributed by atoms with Crippen molar-refractivity contribution in [2.75, 3.05) is 66.0 Å². The number of aliphatic carboxylic acids is 1. The number of likely N-dealkylation sites (N-methyl/N-ethyl adjacent to an activating group) is 1. The summed E-state index contributed by atoms with van der Waals surface area (Å²) in [5.74, 6) is -8.25. The Morgan fingerprint density at radius 3 is 1.63 bits per heavy atom. The van der Waals surface area contributed by atoms with Crippen LogP contribution in [0.3, 0.4) is 0 Å². The first-order valence-electron chi connectivity index (χ1n) is 34.0. The van der Waals surface area contributed by atoms with E-state index in [1.165, 1.54) is 26.8 Å². The lowest BCUT2D eigenvalue weighted by Gasteiger charge is -2.33. The summed E-state index contributed by atoms with van der Waals surface area (Å²) >= 11 is 0. The molecule has 0 aliphatic carbocycles. The van der Waals surface area contributed by atoms with E-state index in [2.05, 4.69) is 52.8 Å². The fourth-order valence-electron chi connectivity index (χ4n) is 12.3. The second kappa shape index (κ2) is 40.8. The number of hydrogen-bond acceptors (Lipinski definition) is 17. The quantitative estimate of drug-likeness (QED) is 0.0160. The molecule has 3 fully saturated rings. The lowest BCUT2D eigenvalue weighted by atomic mass is 10.0. The molecule has 0 spiro atoms. The van der Waals surface area contributed by atoms with E-state index in [0.717, 1.165) is 5.56 Å². The summed E-state index contributed by atoms with van der Waals surface area (Å²) in [6.45, 7) is -0.505. The smallest absolute Gasteiger partial charge is 0.326 e. The van der Waals surface area contributed by atoms with E-state index in [4.69, 9.17) is 17.2 Å². The van der Waals surface area contributed by atoms with Crippen molar-refractivity contribution in [3.63, 3.8) is 0 Å². The Hall–Kier alpha value is -9.75. The van der Waals surface area contributed by atoms with Gasteiger partial charge in [-0.1, -0.05) is 79.2 Å². The third-order valence-electron chi connectivity index (χ3n) is 17.5. The van der Waals surface area contributed by atoms with Crippen LogP contribution in [-0.2, 0) is 76.8 Å². The fraction of sp³-hybridized carbons (Fsp3) is 0.544. The number of phenols is 1. The van der Waals surface area contributed by atoms with E-state index in [9.17, 15) is 72.9 Å². The number of aliphatic hydroxyl groups is 1. The zero-order chi connectivity index (χ0) is 71.8. The van der Waals surface area contributed by atoms with Gasteiger partial charge in [0, 0.05) is 58.4 Å². The molecule has 9 atom stereocenters. The van der Waals surface area contributed by atoms with Gasteiger partial charge < -0.3 is 95.1 Å². The van der Waals surface area contributed by atoms with Crippen LogP contribution in [0.25, 0.3) is 0 Å². The summed E-state index contributed by atoms with van der Waals surface area (Å²) in [6.07, 6.45) is 4.82. The normalized spacial score (nSPS) is 17.5. The van der Waals surface area contributed by atoms with E-state index in [-0.39, 0.29) is 121 Å². The Morgan fingerprint density at radius 2 is 1.03 bits per heavy atom. The van der Waals surface area contributed by atoms with Gasteiger partial charge in [-0.05, 0) is 126 Å². The highest BCUT2D eigenvalue weighted by molar-refractivity contribution is 5.98. The Bertz CT molecular complexity index is 3230. The van der Waals surface area contributed by atoms with Crippen molar-refractivity contribution in [3.8, 4) is 5.75 Å².